The van der Waals surface area contributed by atoms with Crippen molar-refractivity contribution in [2.24, 2.45) is 0 Å². The average Bonchev–Trinajstić information content (AvgIpc) is 2.88. The summed E-state index contributed by atoms with van der Waals surface area (Å²) in [5, 5.41) is 4.06. The van der Waals surface area contributed by atoms with E-state index in [-0.39, 0.29) is 12.0 Å². The van der Waals surface area contributed by atoms with Gasteiger partial charge >= 0.3 is 6.36 Å². The van der Waals surface area contributed by atoms with Gasteiger partial charge in [0.2, 0.25) is 0 Å². The fourth-order valence-corrected chi connectivity index (χ4v) is 2.33. The molecular weight excluding hydrogens is 314 g/mol. The van der Waals surface area contributed by atoms with Crippen molar-refractivity contribution in [3.63, 3.8) is 0 Å². The number of hydrogen-bond donors (Lipinski definition) is 0. The maximum Gasteiger partial charge on any atom is 0.573 e. The Morgan fingerprint density at radius 2 is 1.96 bits per heavy atom. The molecule has 4 nitrogen and oxygen atoms in total. The van der Waals surface area contributed by atoms with Gasteiger partial charge in [0.15, 0.2) is 5.65 Å². The van der Waals surface area contributed by atoms with Gasteiger partial charge in [-0.3, -0.25) is 0 Å². The molecule has 3 rings (SSSR count). The number of ether oxygens (including phenoxy) is 1. The molecular formula is C15H11F4N3O. The maximum atomic E-state index is 14.0. The molecule has 8 heteroatoms. The molecule has 0 fully saturated rings. The third kappa shape index (κ3) is 3.41. The predicted molar refractivity (Wildman–Crippen MR) is 73.6 cm³/mol. The lowest BCUT2D eigenvalue weighted by molar-refractivity contribution is -0.274. The van der Waals surface area contributed by atoms with Crippen molar-refractivity contribution in [3.05, 3.63) is 59.3 Å². The molecule has 0 aliphatic carbocycles. The Labute approximate surface area is 128 Å². The standard InChI is InChI=1S/C15H11F4N3O/c1-9-4-11(22-14(5-9)20-8-21-22)6-10-2-3-12(7-13(10)16)23-15(17,18)19/h2-5,7-8H,6H2,1H3. The van der Waals surface area contributed by atoms with Crippen molar-refractivity contribution in [2.75, 3.05) is 0 Å². The molecule has 0 unspecified atom stereocenters. The summed E-state index contributed by atoms with van der Waals surface area (Å²) in [7, 11) is 0. The second-order valence-corrected chi connectivity index (χ2v) is 5.03. The van der Waals surface area contributed by atoms with Gasteiger partial charge in [-0.25, -0.2) is 13.9 Å². The second kappa shape index (κ2) is 5.53. The van der Waals surface area contributed by atoms with Crippen LogP contribution >= 0.6 is 0 Å². The zero-order valence-corrected chi connectivity index (χ0v) is 11.9. The van der Waals surface area contributed by atoms with Crippen LogP contribution < -0.4 is 4.74 Å². The van der Waals surface area contributed by atoms with Crippen molar-refractivity contribution in [3.8, 4) is 5.75 Å². The minimum absolute atomic E-state index is 0.166. The molecule has 0 aliphatic rings. The van der Waals surface area contributed by atoms with E-state index in [2.05, 4.69) is 14.8 Å². The molecule has 2 aromatic heterocycles. The number of hydrogen-bond acceptors (Lipinski definition) is 3. The highest BCUT2D eigenvalue weighted by atomic mass is 19.4. The zero-order chi connectivity index (χ0) is 16.6. The minimum Gasteiger partial charge on any atom is -0.406 e. The SMILES string of the molecule is Cc1cc(Cc2ccc(OC(F)(F)F)cc2F)n2ncnc2c1. The van der Waals surface area contributed by atoms with E-state index < -0.39 is 17.9 Å². The maximum absolute atomic E-state index is 14.0. The van der Waals surface area contributed by atoms with E-state index in [9.17, 15) is 17.6 Å². The van der Waals surface area contributed by atoms with Gasteiger partial charge in [0.1, 0.15) is 17.9 Å². The smallest absolute Gasteiger partial charge is 0.406 e. The average molecular weight is 325 g/mol. The Balaban J connectivity index is 1.92. The van der Waals surface area contributed by atoms with Crippen LogP contribution in [0.4, 0.5) is 17.6 Å². The summed E-state index contributed by atoms with van der Waals surface area (Å²) < 4.78 is 55.7. The van der Waals surface area contributed by atoms with Crippen molar-refractivity contribution < 1.29 is 22.3 Å². The Kier molecular flexibility index (Phi) is 3.67. The van der Waals surface area contributed by atoms with Gasteiger partial charge in [0, 0.05) is 18.2 Å². The van der Waals surface area contributed by atoms with E-state index in [1.54, 1.807) is 4.52 Å². The largest absolute Gasteiger partial charge is 0.573 e. The summed E-state index contributed by atoms with van der Waals surface area (Å²) in [6.45, 7) is 1.87. The number of aryl methyl sites for hydroxylation is 1. The Morgan fingerprint density at radius 1 is 1.17 bits per heavy atom. The van der Waals surface area contributed by atoms with Crippen LogP contribution in [0.25, 0.3) is 5.65 Å². The third-order valence-electron chi connectivity index (χ3n) is 3.23. The molecule has 0 saturated carbocycles. The number of aromatic nitrogens is 3. The summed E-state index contributed by atoms with van der Waals surface area (Å²) in [6.07, 6.45) is -3.30. The van der Waals surface area contributed by atoms with Crippen LogP contribution in [0, 0.1) is 12.7 Å². The highest BCUT2D eigenvalue weighted by molar-refractivity contribution is 5.43. The molecule has 23 heavy (non-hydrogen) atoms. The number of nitrogens with zero attached hydrogens (tertiary/aromatic N) is 3. The number of alkyl halides is 3. The van der Waals surface area contributed by atoms with Crippen molar-refractivity contribution in [1.29, 1.82) is 0 Å². The number of halogens is 4. The van der Waals surface area contributed by atoms with Crippen molar-refractivity contribution in [1.82, 2.24) is 14.6 Å². The summed E-state index contributed by atoms with van der Waals surface area (Å²) in [5.41, 5.74) is 2.47. The predicted octanol–water partition coefficient (Wildman–Crippen LogP) is 3.67. The first kappa shape index (κ1) is 15.3. The van der Waals surface area contributed by atoms with E-state index in [0.29, 0.717) is 11.3 Å². The van der Waals surface area contributed by atoms with Crippen molar-refractivity contribution in [2.45, 2.75) is 19.7 Å². The molecule has 3 aromatic rings. The van der Waals surface area contributed by atoms with Gasteiger partial charge in [-0.1, -0.05) is 6.07 Å². The van der Waals surface area contributed by atoms with Crippen LogP contribution in [0.2, 0.25) is 0 Å². The third-order valence-corrected chi connectivity index (χ3v) is 3.23. The lowest BCUT2D eigenvalue weighted by Gasteiger charge is -2.11. The molecule has 0 saturated heterocycles. The van der Waals surface area contributed by atoms with Gasteiger partial charge in [-0.05, 0) is 36.2 Å². The molecule has 0 aliphatic heterocycles. The number of fused-ring (bicyclic) bond motifs is 1. The summed E-state index contributed by atoms with van der Waals surface area (Å²) in [4.78, 5) is 4.07. The lowest BCUT2D eigenvalue weighted by atomic mass is 10.1. The fourth-order valence-electron chi connectivity index (χ4n) is 2.33. The molecule has 1 aromatic carbocycles. The molecule has 2 heterocycles. The second-order valence-electron chi connectivity index (χ2n) is 5.03. The molecule has 0 spiro atoms. The monoisotopic (exact) mass is 325 g/mol. The van der Waals surface area contributed by atoms with Crippen molar-refractivity contribution >= 4 is 5.65 Å². The van der Waals surface area contributed by atoms with Crippen LogP contribution in [-0.4, -0.2) is 21.0 Å². The molecule has 0 atom stereocenters. The zero-order valence-electron chi connectivity index (χ0n) is 11.9. The highest BCUT2D eigenvalue weighted by Crippen LogP contribution is 2.25. The number of rotatable bonds is 3. The molecule has 0 N–H and O–H groups in total. The van der Waals surface area contributed by atoms with Crippen LogP contribution in [0.1, 0.15) is 16.8 Å². The number of benzene rings is 1. The first-order valence-electron chi connectivity index (χ1n) is 6.65. The van der Waals surface area contributed by atoms with E-state index in [1.807, 2.05) is 19.1 Å². The first-order valence-corrected chi connectivity index (χ1v) is 6.65. The van der Waals surface area contributed by atoms with Gasteiger partial charge in [-0.15, -0.1) is 13.2 Å². The highest BCUT2D eigenvalue weighted by Gasteiger charge is 2.31. The van der Waals surface area contributed by atoms with Gasteiger partial charge in [0.05, 0.1) is 0 Å². The van der Waals surface area contributed by atoms with Gasteiger partial charge in [-0.2, -0.15) is 5.10 Å². The van der Waals surface area contributed by atoms with E-state index in [0.717, 1.165) is 17.7 Å². The molecule has 120 valence electrons. The van der Waals surface area contributed by atoms with E-state index >= 15 is 0 Å². The normalized spacial score (nSPS) is 11.9. The molecule has 0 bridgehead atoms. The number of pyridine rings is 1. The van der Waals surface area contributed by atoms with Crippen LogP contribution in [0.3, 0.4) is 0 Å². The van der Waals surface area contributed by atoms with Crippen LogP contribution in [0.5, 0.6) is 5.75 Å². The topological polar surface area (TPSA) is 39.4 Å². The quantitative estimate of drug-likeness (QED) is 0.690. The molecule has 0 radical (unpaired) electrons. The molecule has 0 amide bonds. The Hall–Kier alpha value is -2.64. The van der Waals surface area contributed by atoms with Gasteiger partial charge in [0.25, 0.3) is 0 Å². The summed E-state index contributed by atoms with van der Waals surface area (Å²) in [5.74, 6) is -1.37. The van der Waals surface area contributed by atoms with Crippen LogP contribution in [-0.2, 0) is 6.42 Å². The van der Waals surface area contributed by atoms with E-state index in [4.69, 9.17) is 0 Å². The Morgan fingerprint density at radius 3 is 2.65 bits per heavy atom. The van der Waals surface area contributed by atoms with Gasteiger partial charge < -0.3 is 4.74 Å². The van der Waals surface area contributed by atoms with Crippen LogP contribution in [0.15, 0.2) is 36.7 Å². The summed E-state index contributed by atoms with van der Waals surface area (Å²) >= 11 is 0. The van der Waals surface area contributed by atoms with E-state index in [1.165, 1.54) is 12.4 Å². The Bertz CT molecular complexity index is 858. The summed E-state index contributed by atoms with van der Waals surface area (Å²) in [6, 6.07) is 6.72. The minimum atomic E-state index is -4.85. The lowest BCUT2D eigenvalue weighted by Crippen LogP contribution is -2.17. The first-order chi connectivity index (χ1) is 10.8. The fraction of sp³-hybridized carbons (Fsp3) is 0.200.